The van der Waals surface area contributed by atoms with Gasteiger partial charge in [-0.15, -0.1) is 0 Å². The average molecular weight is 250 g/mol. The third-order valence-corrected chi connectivity index (χ3v) is 3.65. The molecular weight excluding hydrogens is 236 g/mol. The van der Waals surface area contributed by atoms with Crippen LogP contribution in [0.4, 0.5) is 5.82 Å². The fraction of sp³-hybridized carbons (Fsp3) is 0.200. The van der Waals surface area contributed by atoms with Crippen LogP contribution in [0.2, 0.25) is 0 Å². The molecule has 1 aromatic carbocycles. The van der Waals surface area contributed by atoms with Crippen LogP contribution in [0.15, 0.2) is 42.9 Å². The van der Waals surface area contributed by atoms with Crippen LogP contribution in [-0.4, -0.2) is 14.5 Å². The zero-order valence-electron chi connectivity index (χ0n) is 10.5. The second-order valence-corrected chi connectivity index (χ2v) is 5.03. The Kier molecular flexibility index (Phi) is 2.12. The Balaban J connectivity index is 1.85. The van der Waals surface area contributed by atoms with Gasteiger partial charge >= 0.3 is 0 Å². The summed E-state index contributed by atoms with van der Waals surface area (Å²) in [6, 6.07) is 10.7. The fourth-order valence-electron chi connectivity index (χ4n) is 2.46. The summed E-state index contributed by atoms with van der Waals surface area (Å²) in [7, 11) is 0. The van der Waals surface area contributed by atoms with Gasteiger partial charge in [0.05, 0.1) is 11.8 Å². The highest BCUT2D eigenvalue weighted by Gasteiger charge is 2.26. The molecule has 4 nitrogen and oxygen atoms in total. The summed E-state index contributed by atoms with van der Waals surface area (Å²) >= 11 is 0. The first-order valence-corrected chi connectivity index (χ1v) is 6.50. The molecule has 1 aliphatic rings. The molecule has 0 bridgehead atoms. The van der Waals surface area contributed by atoms with Crippen LogP contribution < -0.4 is 5.73 Å². The summed E-state index contributed by atoms with van der Waals surface area (Å²) < 4.78 is 2.09. The number of nitrogens with zero attached hydrogens (tertiary/aromatic N) is 3. The van der Waals surface area contributed by atoms with Crippen molar-refractivity contribution in [3.63, 3.8) is 0 Å². The number of imidazole rings is 1. The van der Waals surface area contributed by atoms with Crippen LogP contribution in [0, 0.1) is 0 Å². The number of nitrogen functional groups attached to an aromatic ring is 1. The van der Waals surface area contributed by atoms with E-state index in [1.165, 1.54) is 12.8 Å². The highest BCUT2D eigenvalue weighted by molar-refractivity contribution is 5.85. The molecule has 2 aromatic heterocycles. The molecular formula is C15H14N4. The highest BCUT2D eigenvalue weighted by atomic mass is 15.2. The van der Waals surface area contributed by atoms with E-state index in [2.05, 4.69) is 26.7 Å². The minimum absolute atomic E-state index is 0.559. The number of nitrogens with two attached hydrogens (primary N) is 1. The van der Waals surface area contributed by atoms with Gasteiger partial charge in [0.25, 0.3) is 0 Å². The second kappa shape index (κ2) is 3.82. The molecule has 1 fully saturated rings. The molecule has 1 saturated carbocycles. The Bertz CT molecular complexity index is 756. The maximum absolute atomic E-state index is 6.21. The lowest BCUT2D eigenvalue weighted by atomic mass is 10.1. The lowest BCUT2D eigenvalue weighted by Gasteiger charge is -2.04. The van der Waals surface area contributed by atoms with Gasteiger partial charge in [-0.1, -0.05) is 12.1 Å². The van der Waals surface area contributed by atoms with Crippen molar-refractivity contribution in [3.8, 4) is 11.3 Å². The van der Waals surface area contributed by atoms with E-state index in [1.807, 2.05) is 24.5 Å². The van der Waals surface area contributed by atoms with Crippen LogP contribution in [0.3, 0.4) is 0 Å². The van der Waals surface area contributed by atoms with Crippen molar-refractivity contribution in [1.82, 2.24) is 14.5 Å². The Morgan fingerprint density at radius 3 is 2.89 bits per heavy atom. The van der Waals surface area contributed by atoms with Gasteiger partial charge < -0.3 is 10.3 Å². The van der Waals surface area contributed by atoms with Crippen LogP contribution in [0.25, 0.3) is 22.2 Å². The van der Waals surface area contributed by atoms with Crippen LogP contribution in [0.5, 0.6) is 0 Å². The Labute approximate surface area is 110 Å². The predicted molar refractivity (Wildman–Crippen MR) is 75.6 cm³/mol. The number of hydrogen-bond acceptors (Lipinski definition) is 3. The van der Waals surface area contributed by atoms with E-state index in [1.54, 1.807) is 6.20 Å². The van der Waals surface area contributed by atoms with Crippen molar-refractivity contribution in [3.05, 3.63) is 42.9 Å². The van der Waals surface area contributed by atoms with Crippen LogP contribution in [-0.2, 0) is 0 Å². The topological polar surface area (TPSA) is 56.7 Å². The maximum atomic E-state index is 6.21. The Morgan fingerprint density at radius 2 is 2.05 bits per heavy atom. The Morgan fingerprint density at radius 1 is 1.16 bits per heavy atom. The average Bonchev–Trinajstić information content (AvgIpc) is 3.21. The van der Waals surface area contributed by atoms with E-state index >= 15 is 0 Å². The number of pyridine rings is 1. The van der Waals surface area contributed by atoms with Crippen molar-refractivity contribution in [2.45, 2.75) is 18.9 Å². The normalized spacial score (nSPS) is 14.9. The van der Waals surface area contributed by atoms with Gasteiger partial charge in [0, 0.05) is 23.2 Å². The number of hydrogen-bond donors (Lipinski definition) is 1. The first kappa shape index (κ1) is 10.6. The fourth-order valence-corrected chi connectivity index (χ4v) is 2.46. The maximum Gasteiger partial charge on any atom is 0.131 e. The Hall–Kier alpha value is -2.36. The van der Waals surface area contributed by atoms with Gasteiger partial charge in [-0.25, -0.2) is 4.98 Å². The molecule has 0 unspecified atom stereocenters. The van der Waals surface area contributed by atoms with Gasteiger partial charge in [0.15, 0.2) is 0 Å². The van der Waals surface area contributed by atoms with Gasteiger partial charge in [0.1, 0.15) is 11.5 Å². The van der Waals surface area contributed by atoms with Crippen molar-refractivity contribution in [2.24, 2.45) is 0 Å². The van der Waals surface area contributed by atoms with Gasteiger partial charge in [-0.05, 0) is 31.0 Å². The minimum Gasteiger partial charge on any atom is -0.383 e. The van der Waals surface area contributed by atoms with E-state index in [9.17, 15) is 0 Å². The number of fused-ring (bicyclic) bond motifs is 1. The van der Waals surface area contributed by atoms with Crippen molar-refractivity contribution >= 4 is 16.7 Å². The number of anilines is 1. The largest absolute Gasteiger partial charge is 0.383 e. The molecule has 0 spiro atoms. The monoisotopic (exact) mass is 250 g/mol. The van der Waals surface area contributed by atoms with Gasteiger partial charge in [0.2, 0.25) is 0 Å². The molecule has 0 aliphatic heterocycles. The molecule has 0 radical (unpaired) electrons. The summed E-state index contributed by atoms with van der Waals surface area (Å²) in [5.41, 5.74) is 9.12. The molecule has 3 aromatic rings. The van der Waals surface area contributed by atoms with E-state index in [-0.39, 0.29) is 0 Å². The molecule has 94 valence electrons. The van der Waals surface area contributed by atoms with E-state index < -0.39 is 0 Å². The van der Waals surface area contributed by atoms with Crippen molar-refractivity contribution in [2.75, 3.05) is 5.73 Å². The summed E-state index contributed by atoms with van der Waals surface area (Å²) in [4.78, 5) is 8.80. The smallest absolute Gasteiger partial charge is 0.131 e. The second-order valence-electron chi connectivity index (χ2n) is 5.03. The van der Waals surface area contributed by atoms with Crippen LogP contribution in [0.1, 0.15) is 18.9 Å². The van der Waals surface area contributed by atoms with E-state index in [0.717, 1.165) is 28.0 Å². The van der Waals surface area contributed by atoms with Gasteiger partial charge in [-0.3, -0.25) is 4.98 Å². The zero-order valence-corrected chi connectivity index (χ0v) is 10.5. The summed E-state index contributed by atoms with van der Waals surface area (Å²) in [5.74, 6) is 0.769. The SMILES string of the molecule is Nc1c(-c2ccc3ncccc3c2)ncn1C1CC1. The van der Waals surface area contributed by atoms with E-state index in [4.69, 9.17) is 5.73 Å². The molecule has 2 heterocycles. The molecule has 0 saturated heterocycles. The van der Waals surface area contributed by atoms with Crippen molar-refractivity contribution in [1.29, 1.82) is 0 Å². The molecule has 4 heteroatoms. The summed E-state index contributed by atoms with van der Waals surface area (Å²) in [6.07, 6.45) is 6.08. The molecule has 2 N–H and O–H groups in total. The van der Waals surface area contributed by atoms with Gasteiger partial charge in [-0.2, -0.15) is 0 Å². The number of rotatable bonds is 2. The summed E-state index contributed by atoms with van der Waals surface area (Å²) in [5, 5.41) is 1.11. The first-order valence-electron chi connectivity index (χ1n) is 6.50. The highest BCUT2D eigenvalue weighted by Crippen LogP contribution is 2.39. The predicted octanol–water partition coefficient (Wildman–Crippen LogP) is 3.02. The first-order chi connectivity index (χ1) is 9.33. The minimum atomic E-state index is 0.559. The molecule has 0 amide bonds. The standard InChI is InChI=1S/C15H14N4/c16-15-14(18-9-19(15)12-4-5-12)11-3-6-13-10(8-11)2-1-7-17-13/h1-3,6-9,12H,4-5,16H2. The third kappa shape index (κ3) is 1.68. The summed E-state index contributed by atoms with van der Waals surface area (Å²) in [6.45, 7) is 0. The lowest BCUT2D eigenvalue weighted by Crippen LogP contribution is -1.99. The third-order valence-electron chi connectivity index (χ3n) is 3.65. The quantitative estimate of drug-likeness (QED) is 0.760. The van der Waals surface area contributed by atoms with Crippen molar-refractivity contribution < 1.29 is 0 Å². The lowest BCUT2D eigenvalue weighted by molar-refractivity contribution is 0.751. The zero-order chi connectivity index (χ0) is 12.8. The van der Waals surface area contributed by atoms with E-state index in [0.29, 0.717) is 6.04 Å². The number of aromatic nitrogens is 3. The molecule has 19 heavy (non-hydrogen) atoms. The molecule has 4 rings (SSSR count). The molecule has 1 aliphatic carbocycles. The van der Waals surface area contributed by atoms with Crippen LogP contribution >= 0.6 is 0 Å². The number of benzene rings is 1. The molecule has 0 atom stereocenters.